The lowest BCUT2D eigenvalue weighted by Gasteiger charge is -2.15. The van der Waals surface area contributed by atoms with Gasteiger partial charge >= 0.3 is 23.9 Å². The van der Waals surface area contributed by atoms with Gasteiger partial charge in [-0.2, -0.15) is 0 Å². The van der Waals surface area contributed by atoms with Gasteiger partial charge in [-0.1, -0.05) is 54.6 Å². The molecule has 3 heterocycles. The van der Waals surface area contributed by atoms with Gasteiger partial charge in [0.25, 0.3) is 0 Å². The third-order valence-corrected chi connectivity index (χ3v) is 9.55. The minimum absolute atomic E-state index is 0.761. The van der Waals surface area contributed by atoms with Crippen LogP contribution in [-0.4, -0.2) is 100.0 Å². The number of carbonyl (C=O) groups is 4. The van der Waals surface area contributed by atoms with Crippen LogP contribution in [0.2, 0.25) is 0 Å². The molecule has 0 bridgehead atoms. The molecule has 4 aromatic rings. The number of rotatable bonds is 10. The number of fused-ring (bicyclic) bond motifs is 1. The standard InChI is InChI=1S/C34H38N2OS.2C2H2O4/c1-2-10-33-31(9-1)32(26-28-13-11-27(12-14-28)8-7-23-35-19-3-4-20-35)34(38-33)29-15-17-30(18-16-29)37-25-24-36-21-5-6-22-36;2*3-1(4)2(5)6/h1-2,7-18H,3-6,19-26H2;2*(H,3,4)(H,5,6)/b8-7-;;. The van der Waals surface area contributed by atoms with E-state index >= 15 is 0 Å². The average molecular weight is 703 g/mol. The minimum atomic E-state index is -1.82. The number of benzene rings is 3. The quantitative estimate of drug-likeness (QED) is 0.142. The van der Waals surface area contributed by atoms with Crippen molar-refractivity contribution in [1.29, 1.82) is 0 Å². The van der Waals surface area contributed by atoms with E-state index in [4.69, 9.17) is 44.3 Å². The molecule has 2 saturated heterocycles. The fourth-order valence-corrected chi connectivity index (χ4v) is 6.99. The second-order valence-electron chi connectivity index (χ2n) is 11.9. The average Bonchev–Trinajstić information content (AvgIpc) is 3.89. The van der Waals surface area contributed by atoms with Gasteiger partial charge in [0.05, 0.1) is 0 Å². The molecule has 0 spiro atoms. The van der Waals surface area contributed by atoms with Crippen molar-refractivity contribution in [2.45, 2.75) is 32.1 Å². The van der Waals surface area contributed by atoms with E-state index in [9.17, 15) is 0 Å². The molecule has 0 aliphatic carbocycles. The van der Waals surface area contributed by atoms with Crippen LogP contribution in [0, 0.1) is 0 Å². The minimum Gasteiger partial charge on any atom is -0.492 e. The molecule has 6 rings (SSSR count). The Hall–Kier alpha value is -5.04. The first-order valence-electron chi connectivity index (χ1n) is 16.5. The Bertz CT molecular complexity index is 1710. The van der Waals surface area contributed by atoms with Crippen LogP contribution in [0.15, 0.2) is 78.9 Å². The van der Waals surface area contributed by atoms with Gasteiger partial charge in [0.2, 0.25) is 0 Å². The van der Waals surface area contributed by atoms with Crippen LogP contribution in [0.3, 0.4) is 0 Å². The van der Waals surface area contributed by atoms with Gasteiger partial charge in [-0.05, 0) is 116 Å². The van der Waals surface area contributed by atoms with Crippen molar-refractivity contribution >= 4 is 51.4 Å². The SMILES string of the molecule is C(=C/c1ccc(Cc2c(-c3ccc(OCCN4CCCC4)cc3)sc3ccccc23)cc1)/CN1CCCC1.O=C(O)C(=O)O.O=C(O)C(=O)O. The summed E-state index contributed by atoms with van der Waals surface area (Å²) in [4.78, 5) is 42.8. The molecule has 264 valence electrons. The fourth-order valence-electron chi connectivity index (χ4n) is 5.76. The Kier molecular flexibility index (Phi) is 14.5. The van der Waals surface area contributed by atoms with E-state index in [1.165, 1.54) is 89.1 Å². The Morgan fingerprint density at radius 3 is 1.84 bits per heavy atom. The van der Waals surface area contributed by atoms with Crippen molar-refractivity contribution in [3.05, 3.63) is 95.6 Å². The van der Waals surface area contributed by atoms with E-state index in [-0.39, 0.29) is 0 Å². The molecule has 1 aromatic heterocycles. The first-order valence-corrected chi connectivity index (χ1v) is 17.3. The maximum atomic E-state index is 9.10. The molecule has 2 aliphatic heterocycles. The summed E-state index contributed by atoms with van der Waals surface area (Å²) >= 11 is 1.90. The molecule has 50 heavy (non-hydrogen) atoms. The Labute approximate surface area is 294 Å². The fraction of sp³-hybridized carbons (Fsp3) is 0.316. The number of hydrogen-bond acceptors (Lipinski definition) is 8. The van der Waals surface area contributed by atoms with Gasteiger partial charge in [0.15, 0.2) is 0 Å². The van der Waals surface area contributed by atoms with E-state index in [1.54, 1.807) is 0 Å². The highest BCUT2D eigenvalue weighted by molar-refractivity contribution is 7.22. The van der Waals surface area contributed by atoms with Crippen molar-refractivity contribution in [3.8, 4) is 16.2 Å². The maximum Gasteiger partial charge on any atom is 0.414 e. The first kappa shape index (κ1) is 37.8. The number of hydrogen-bond donors (Lipinski definition) is 4. The summed E-state index contributed by atoms with van der Waals surface area (Å²) < 4.78 is 7.42. The molecule has 2 fully saturated rings. The summed E-state index contributed by atoms with van der Waals surface area (Å²) in [6.45, 7) is 7.77. The molecular formula is C38H42N2O9S. The summed E-state index contributed by atoms with van der Waals surface area (Å²) in [7, 11) is 0. The largest absolute Gasteiger partial charge is 0.492 e. The molecule has 11 nitrogen and oxygen atoms in total. The second-order valence-corrected chi connectivity index (χ2v) is 12.9. The molecule has 4 N–H and O–H groups in total. The van der Waals surface area contributed by atoms with Crippen molar-refractivity contribution in [3.63, 3.8) is 0 Å². The molecule has 0 atom stereocenters. The zero-order valence-corrected chi connectivity index (χ0v) is 28.5. The van der Waals surface area contributed by atoms with Gasteiger partial charge < -0.3 is 25.2 Å². The van der Waals surface area contributed by atoms with E-state index in [2.05, 4.69) is 94.7 Å². The number of nitrogens with zero attached hydrogens (tertiary/aromatic N) is 2. The van der Waals surface area contributed by atoms with Gasteiger partial charge in [-0.25, -0.2) is 19.2 Å². The van der Waals surface area contributed by atoms with E-state index in [0.717, 1.165) is 31.9 Å². The van der Waals surface area contributed by atoms with Crippen LogP contribution in [0.25, 0.3) is 26.6 Å². The lowest BCUT2D eigenvalue weighted by atomic mass is 9.98. The van der Waals surface area contributed by atoms with Crippen molar-refractivity contribution in [2.75, 3.05) is 45.9 Å². The van der Waals surface area contributed by atoms with Crippen LogP contribution in [0.5, 0.6) is 5.75 Å². The molecule has 0 amide bonds. The normalized spacial score (nSPS) is 14.5. The highest BCUT2D eigenvalue weighted by Gasteiger charge is 2.15. The van der Waals surface area contributed by atoms with E-state index in [1.807, 2.05) is 11.3 Å². The number of carboxylic acids is 4. The predicted octanol–water partition coefficient (Wildman–Crippen LogP) is 6.05. The van der Waals surface area contributed by atoms with Crippen LogP contribution in [0.4, 0.5) is 0 Å². The number of ether oxygens (including phenoxy) is 1. The predicted molar refractivity (Wildman–Crippen MR) is 193 cm³/mol. The Balaban J connectivity index is 0.000000404. The molecular weight excluding hydrogens is 660 g/mol. The molecule has 3 aromatic carbocycles. The lowest BCUT2D eigenvalue weighted by Crippen LogP contribution is -2.25. The lowest BCUT2D eigenvalue weighted by molar-refractivity contribution is -0.159. The molecule has 2 aliphatic rings. The highest BCUT2D eigenvalue weighted by atomic mass is 32.1. The molecule has 0 unspecified atom stereocenters. The zero-order valence-electron chi connectivity index (χ0n) is 27.7. The summed E-state index contributed by atoms with van der Waals surface area (Å²) in [5.74, 6) is -6.33. The van der Waals surface area contributed by atoms with Crippen LogP contribution >= 0.6 is 11.3 Å². The van der Waals surface area contributed by atoms with Gasteiger partial charge in [0.1, 0.15) is 12.4 Å². The first-order chi connectivity index (χ1) is 24.1. The molecule has 0 radical (unpaired) electrons. The van der Waals surface area contributed by atoms with Crippen LogP contribution in [0.1, 0.15) is 42.4 Å². The van der Waals surface area contributed by atoms with Gasteiger partial charge in [-0.15, -0.1) is 11.3 Å². The smallest absolute Gasteiger partial charge is 0.414 e. The monoisotopic (exact) mass is 702 g/mol. The van der Waals surface area contributed by atoms with Crippen LogP contribution < -0.4 is 4.74 Å². The van der Waals surface area contributed by atoms with Crippen molar-refractivity contribution in [2.24, 2.45) is 0 Å². The summed E-state index contributed by atoms with van der Waals surface area (Å²) in [5.41, 5.74) is 5.33. The van der Waals surface area contributed by atoms with Crippen LogP contribution in [-0.2, 0) is 25.6 Å². The third-order valence-electron chi connectivity index (χ3n) is 8.29. The number of carboxylic acid groups (broad SMARTS) is 4. The Morgan fingerprint density at radius 2 is 1.26 bits per heavy atom. The number of aliphatic carboxylic acids is 4. The molecule has 0 saturated carbocycles. The summed E-state index contributed by atoms with van der Waals surface area (Å²) in [6, 6.07) is 26.7. The van der Waals surface area contributed by atoms with Crippen molar-refractivity contribution < 1.29 is 44.3 Å². The van der Waals surface area contributed by atoms with Crippen molar-refractivity contribution in [1.82, 2.24) is 9.80 Å². The number of thiophene rings is 1. The maximum absolute atomic E-state index is 9.10. The Morgan fingerprint density at radius 1 is 0.700 bits per heavy atom. The molecule has 12 heteroatoms. The highest BCUT2D eigenvalue weighted by Crippen LogP contribution is 2.40. The second kappa shape index (κ2) is 19.2. The summed E-state index contributed by atoms with van der Waals surface area (Å²) in [6.07, 6.45) is 10.9. The zero-order chi connectivity index (χ0) is 35.9. The van der Waals surface area contributed by atoms with Gasteiger partial charge in [-0.3, -0.25) is 9.80 Å². The van der Waals surface area contributed by atoms with Gasteiger partial charge in [0, 0.05) is 22.7 Å². The summed E-state index contributed by atoms with van der Waals surface area (Å²) in [5, 5.41) is 30.9. The van der Waals surface area contributed by atoms with E-state index in [0.29, 0.717) is 0 Å². The van der Waals surface area contributed by atoms with E-state index < -0.39 is 23.9 Å². The topological polar surface area (TPSA) is 165 Å². The third kappa shape index (κ3) is 11.8. The number of likely N-dealkylation sites (tertiary alicyclic amines) is 2.